The van der Waals surface area contributed by atoms with Crippen LogP contribution in [0, 0.1) is 25.7 Å². The van der Waals surface area contributed by atoms with E-state index in [9.17, 15) is 0 Å². The third-order valence-electron chi connectivity index (χ3n) is 5.38. The number of unbranched alkanes of at least 4 members (excludes halogenated alkanes) is 2. The molecule has 0 heteroatoms. The molecule has 2 rings (SSSR count). The Kier molecular flexibility index (Phi) is 9.41. The predicted molar refractivity (Wildman–Crippen MR) is 110 cm³/mol. The molecule has 0 N–H and O–H groups in total. The first-order valence-electron chi connectivity index (χ1n) is 10.3. The van der Waals surface area contributed by atoms with Crippen molar-refractivity contribution in [3.05, 3.63) is 46.5 Å². The first kappa shape index (κ1) is 21.0. The Bertz CT molecular complexity index is 484. The lowest BCUT2D eigenvalue weighted by Crippen LogP contribution is -2.21. The van der Waals surface area contributed by atoms with Gasteiger partial charge in [-0.15, -0.1) is 0 Å². The van der Waals surface area contributed by atoms with E-state index in [4.69, 9.17) is 0 Å². The summed E-state index contributed by atoms with van der Waals surface area (Å²) in [6.07, 6.45) is 12.7. The molecule has 0 bridgehead atoms. The minimum atomic E-state index is 0.624. The standard InChI is InChI=1S/C22H34.C2H6/c1-6-7-8-11-19-14-17(4)22(18(5)15-19)21-13-10-9-12-20(21)16(2)3;1-2/h10,13-16,20-21H,6-9,11-12H2,1-5H3;1-2H3. The van der Waals surface area contributed by atoms with E-state index in [1.807, 2.05) is 13.8 Å². The van der Waals surface area contributed by atoms with Gasteiger partial charge in [-0.2, -0.15) is 0 Å². The Labute approximate surface area is 151 Å². The van der Waals surface area contributed by atoms with Gasteiger partial charge >= 0.3 is 0 Å². The fourth-order valence-electron chi connectivity index (χ4n) is 4.23. The largest absolute Gasteiger partial charge is 0.0879 e. The molecule has 0 heterocycles. The molecule has 0 spiro atoms. The normalized spacial score (nSPS) is 20.0. The second-order valence-corrected chi connectivity index (χ2v) is 7.54. The van der Waals surface area contributed by atoms with Gasteiger partial charge in [-0.3, -0.25) is 0 Å². The second-order valence-electron chi connectivity index (χ2n) is 7.54. The zero-order valence-corrected chi connectivity index (χ0v) is 17.3. The van der Waals surface area contributed by atoms with Gasteiger partial charge in [0.05, 0.1) is 0 Å². The van der Waals surface area contributed by atoms with Crippen molar-refractivity contribution in [2.24, 2.45) is 11.8 Å². The van der Waals surface area contributed by atoms with Crippen LogP contribution in [0.25, 0.3) is 0 Å². The highest BCUT2D eigenvalue weighted by Crippen LogP contribution is 2.40. The molecular weight excluding hydrogens is 288 g/mol. The monoisotopic (exact) mass is 328 g/mol. The summed E-state index contributed by atoms with van der Waals surface area (Å²) in [5.41, 5.74) is 6.16. The lowest BCUT2D eigenvalue weighted by molar-refractivity contribution is 0.319. The second kappa shape index (κ2) is 10.7. The van der Waals surface area contributed by atoms with Crippen molar-refractivity contribution in [1.29, 1.82) is 0 Å². The third-order valence-corrected chi connectivity index (χ3v) is 5.38. The van der Waals surface area contributed by atoms with Crippen LogP contribution in [0.5, 0.6) is 0 Å². The summed E-state index contributed by atoms with van der Waals surface area (Å²) in [5, 5.41) is 0. The highest BCUT2D eigenvalue weighted by atomic mass is 14.3. The molecule has 0 fully saturated rings. The molecule has 0 amide bonds. The van der Waals surface area contributed by atoms with Gasteiger partial charge < -0.3 is 0 Å². The van der Waals surface area contributed by atoms with E-state index < -0.39 is 0 Å². The molecule has 0 nitrogen and oxygen atoms in total. The molecule has 0 saturated carbocycles. The molecule has 2 atom stereocenters. The fraction of sp³-hybridized carbons (Fsp3) is 0.667. The number of hydrogen-bond acceptors (Lipinski definition) is 0. The van der Waals surface area contributed by atoms with E-state index in [0.717, 1.165) is 11.8 Å². The fourth-order valence-corrected chi connectivity index (χ4v) is 4.23. The highest BCUT2D eigenvalue weighted by molar-refractivity contribution is 5.43. The van der Waals surface area contributed by atoms with Crippen LogP contribution in [0.3, 0.4) is 0 Å². The Morgan fingerprint density at radius 2 is 1.67 bits per heavy atom. The summed E-state index contributed by atoms with van der Waals surface area (Å²) >= 11 is 0. The Balaban J connectivity index is 0.00000139. The van der Waals surface area contributed by atoms with Crippen LogP contribution in [0.1, 0.15) is 94.9 Å². The summed E-state index contributed by atoms with van der Waals surface area (Å²) in [7, 11) is 0. The van der Waals surface area contributed by atoms with Gasteiger partial charge in [-0.05, 0) is 73.6 Å². The Morgan fingerprint density at radius 1 is 1.04 bits per heavy atom. The van der Waals surface area contributed by atoms with Crippen LogP contribution in [0.4, 0.5) is 0 Å². The molecule has 0 radical (unpaired) electrons. The number of allylic oxidation sites excluding steroid dienone is 2. The Hall–Kier alpha value is -1.04. The number of rotatable bonds is 6. The number of hydrogen-bond donors (Lipinski definition) is 0. The lowest BCUT2D eigenvalue weighted by atomic mass is 9.71. The van der Waals surface area contributed by atoms with E-state index >= 15 is 0 Å². The Morgan fingerprint density at radius 3 is 2.21 bits per heavy atom. The maximum Gasteiger partial charge on any atom is 0.00540 e. The minimum absolute atomic E-state index is 0.624. The first-order chi connectivity index (χ1) is 11.5. The summed E-state index contributed by atoms with van der Waals surface area (Å²) < 4.78 is 0. The van der Waals surface area contributed by atoms with Gasteiger partial charge in [0, 0.05) is 5.92 Å². The van der Waals surface area contributed by atoms with Crippen molar-refractivity contribution in [2.45, 2.75) is 92.9 Å². The predicted octanol–water partition coefficient (Wildman–Crippen LogP) is 7.77. The summed E-state index contributed by atoms with van der Waals surface area (Å²) in [6.45, 7) is 15.7. The average molecular weight is 329 g/mol. The van der Waals surface area contributed by atoms with Crippen LogP contribution in [0.15, 0.2) is 24.3 Å². The van der Waals surface area contributed by atoms with Crippen LogP contribution < -0.4 is 0 Å². The van der Waals surface area contributed by atoms with E-state index in [2.05, 4.69) is 58.9 Å². The molecule has 1 aliphatic rings. The van der Waals surface area contributed by atoms with Crippen molar-refractivity contribution in [2.75, 3.05) is 0 Å². The van der Waals surface area contributed by atoms with Crippen LogP contribution in [-0.4, -0.2) is 0 Å². The van der Waals surface area contributed by atoms with Gasteiger partial charge in [0.15, 0.2) is 0 Å². The van der Waals surface area contributed by atoms with Gasteiger partial charge in [0.25, 0.3) is 0 Å². The molecule has 0 saturated heterocycles. The van der Waals surface area contributed by atoms with Gasteiger partial charge in [0.2, 0.25) is 0 Å². The lowest BCUT2D eigenvalue weighted by Gasteiger charge is -2.33. The molecule has 1 aliphatic carbocycles. The number of aryl methyl sites for hydroxylation is 3. The summed E-state index contributed by atoms with van der Waals surface area (Å²) in [5.74, 6) is 2.18. The van der Waals surface area contributed by atoms with E-state index in [1.54, 1.807) is 5.56 Å². The molecule has 0 aliphatic heterocycles. The van der Waals surface area contributed by atoms with Gasteiger partial charge in [0.1, 0.15) is 0 Å². The first-order valence-corrected chi connectivity index (χ1v) is 10.3. The molecule has 0 aromatic heterocycles. The smallest absolute Gasteiger partial charge is 0.00540 e. The van der Waals surface area contributed by atoms with E-state index in [-0.39, 0.29) is 0 Å². The van der Waals surface area contributed by atoms with Crippen molar-refractivity contribution in [3.8, 4) is 0 Å². The van der Waals surface area contributed by atoms with Gasteiger partial charge in [-0.1, -0.05) is 71.7 Å². The SMILES string of the molecule is CC.CCCCCc1cc(C)c(C2C=CCCC2C(C)C)c(C)c1. The quantitative estimate of drug-likeness (QED) is 0.369. The zero-order chi connectivity index (χ0) is 18.1. The van der Waals surface area contributed by atoms with E-state index in [0.29, 0.717) is 5.92 Å². The summed E-state index contributed by atoms with van der Waals surface area (Å²) in [6, 6.07) is 4.91. The van der Waals surface area contributed by atoms with Crippen molar-refractivity contribution in [1.82, 2.24) is 0 Å². The maximum atomic E-state index is 2.49. The number of benzene rings is 1. The average Bonchev–Trinajstić information content (AvgIpc) is 2.57. The van der Waals surface area contributed by atoms with Crippen molar-refractivity contribution in [3.63, 3.8) is 0 Å². The maximum absolute atomic E-state index is 2.49. The molecule has 136 valence electrons. The minimum Gasteiger partial charge on any atom is -0.0879 e. The molecule has 2 unspecified atom stereocenters. The molecule has 1 aromatic carbocycles. The zero-order valence-electron chi connectivity index (χ0n) is 17.3. The molecular formula is C24H40. The van der Waals surface area contributed by atoms with Crippen molar-refractivity contribution < 1.29 is 0 Å². The van der Waals surface area contributed by atoms with Gasteiger partial charge in [-0.25, -0.2) is 0 Å². The van der Waals surface area contributed by atoms with Crippen LogP contribution in [0.2, 0.25) is 0 Å². The third kappa shape index (κ3) is 5.50. The summed E-state index contributed by atoms with van der Waals surface area (Å²) in [4.78, 5) is 0. The highest BCUT2D eigenvalue weighted by Gasteiger charge is 2.28. The molecule has 1 aromatic rings. The van der Waals surface area contributed by atoms with Crippen LogP contribution >= 0.6 is 0 Å². The van der Waals surface area contributed by atoms with E-state index in [1.165, 1.54) is 55.2 Å². The van der Waals surface area contributed by atoms with Crippen molar-refractivity contribution >= 4 is 0 Å². The molecule has 24 heavy (non-hydrogen) atoms. The van der Waals surface area contributed by atoms with Crippen LogP contribution in [-0.2, 0) is 6.42 Å². The topological polar surface area (TPSA) is 0 Å².